The van der Waals surface area contributed by atoms with E-state index in [1.165, 1.54) is 23.1 Å². The van der Waals surface area contributed by atoms with Crippen molar-refractivity contribution in [1.82, 2.24) is 14.8 Å². The van der Waals surface area contributed by atoms with Crippen molar-refractivity contribution >= 4 is 28.9 Å². The molecular weight excluding hydrogens is 406 g/mol. The van der Waals surface area contributed by atoms with E-state index in [1.54, 1.807) is 0 Å². The highest BCUT2D eigenvalue weighted by atomic mass is 32.2. The molecule has 4 aromatic rings. The first kappa shape index (κ1) is 18.0. The molecule has 29 heavy (non-hydrogen) atoms. The second-order valence-electron chi connectivity index (χ2n) is 6.23. The lowest BCUT2D eigenvalue weighted by Gasteiger charge is -2.10. The molecule has 0 aliphatic carbocycles. The Labute approximate surface area is 175 Å². The number of thiophene rings is 1. The van der Waals surface area contributed by atoms with Crippen LogP contribution < -0.4 is 9.47 Å². The molecule has 0 saturated carbocycles. The molecule has 0 fully saturated rings. The molecule has 0 atom stereocenters. The lowest BCUT2D eigenvalue weighted by Crippen LogP contribution is -2.03. The van der Waals surface area contributed by atoms with Gasteiger partial charge >= 0.3 is 0 Å². The van der Waals surface area contributed by atoms with E-state index in [2.05, 4.69) is 10.2 Å². The van der Waals surface area contributed by atoms with Crippen LogP contribution in [0.15, 0.2) is 71.2 Å². The number of ketones is 1. The van der Waals surface area contributed by atoms with Crippen LogP contribution in [-0.2, 0) is 0 Å². The first-order valence-corrected chi connectivity index (χ1v) is 10.8. The summed E-state index contributed by atoms with van der Waals surface area (Å²) in [5.41, 5.74) is 1.79. The number of benzene rings is 2. The Balaban J connectivity index is 1.51. The third-order valence-corrected chi connectivity index (χ3v) is 6.25. The summed E-state index contributed by atoms with van der Waals surface area (Å²) in [5, 5.41) is 11.4. The summed E-state index contributed by atoms with van der Waals surface area (Å²) in [6.07, 6.45) is 0. The Morgan fingerprint density at radius 2 is 1.90 bits per heavy atom. The van der Waals surface area contributed by atoms with E-state index in [0.717, 1.165) is 21.9 Å². The van der Waals surface area contributed by atoms with E-state index in [-0.39, 0.29) is 12.6 Å². The third kappa shape index (κ3) is 3.52. The molecule has 6 nitrogen and oxygen atoms in total. The molecule has 1 aliphatic heterocycles. The molecule has 0 bridgehead atoms. The fourth-order valence-electron chi connectivity index (χ4n) is 3.03. The Hall–Kier alpha value is -3.10. The molecule has 0 spiro atoms. The van der Waals surface area contributed by atoms with Gasteiger partial charge in [0.05, 0.1) is 10.6 Å². The van der Waals surface area contributed by atoms with E-state index < -0.39 is 0 Å². The van der Waals surface area contributed by atoms with Crippen LogP contribution in [0.3, 0.4) is 0 Å². The van der Waals surface area contributed by atoms with Crippen molar-refractivity contribution in [2.75, 3.05) is 12.5 Å². The zero-order chi connectivity index (χ0) is 19.6. The fourth-order valence-corrected chi connectivity index (χ4v) is 4.63. The minimum Gasteiger partial charge on any atom is -0.454 e. The molecule has 0 amide bonds. The zero-order valence-electron chi connectivity index (χ0n) is 15.1. The van der Waals surface area contributed by atoms with Crippen molar-refractivity contribution in [2.45, 2.75) is 5.16 Å². The number of para-hydroxylation sites is 1. The Morgan fingerprint density at radius 1 is 1.03 bits per heavy atom. The first-order chi connectivity index (χ1) is 14.3. The summed E-state index contributed by atoms with van der Waals surface area (Å²) in [7, 11) is 0. The van der Waals surface area contributed by atoms with Gasteiger partial charge in [-0.15, -0.1) is 21.5 Å². The molecule has 0 radical (unpaired) electrons. The summed E-state index contributed by atoms with van der Waals surface area (Å²) in [5.74, 6) is 2.47. The predicted octanol–water partition coefficient (Wildman–Crippen LogP) is 4.70. The summed E-state index contributed by atoms with van der Waals surface area (Å²) in [6, 6.07) is 19.3. The molecule has 3 heterocycles. The number of thioether (sulfide) groups is 1. The number of carbonyl (C=O) groups excluding carboxylic acids is 1. The second kappa shape index (κ2) is 7.73. The van der Waals surface area contributed by atoms with Crippen molar-refractivity contribution in [1.29, 1.82) is 0 Å². The zero-order valence-corrected chi connectivity index (χ0v) is 16.8. The third-order valence-electron chi connectivity index (χ3n) is 4.41. The normalized spacial score (nSPS) is 12.3. The van der Waals surface area contributed by atoms with E-state index in [9.17, 15) is 4.79 Å². The van der Waals surface area contributed by atoms with Crippen molar-refractivity contribution in [2.24, 2.45) is 0 Å². The number of ether oxygens (including phenoxy) is 2. The maximum atomic E-state index is 12.4. The van der Waals surface area contributed by atoms with Gasteiger partial charge < -0.3 is 9.47 Å². The monoisotopic (exact) mass is 421 g/mol. The molecular formula is C21H15N3O3S2. The van der Waals surface area contributed by atoms with Gasteiger partial charge in [-0.05, 0) is 41.8 Å². The molecule has 2 aromatic carbocycles. The van der Waals surface area contributed by atoms with Gasteiger partial charge in [-0.1, -0.05) is 36.0 Å². The van der Waals surface area contributed by atoms with Gasteiger partial charge in [0.2, 0.25) is 6.79 Å². The average Bonchev–Trinajstić information content (AvgIpc) is 3.52. The van der Waals surface area contributed by atoms with E-state index in [4.69, 9.17) is 9.47 Å². The van der Waals surface area contributed by atoms with Crippen molar-refractivity contribution < 1.29 is 14.3 Å². The molecule has 2 aromatic heterocycles. The van der Waals surface area contributed by atoms with Crippen LogP contribution in [-0.4, -0.2) is 33.1 Å². The number of carbonyl (C=O) groups is 1. The Bertz CT molecular complexity index is 1160. The highest BCUT2D eigenvalue weighted by Gasteiger charge is 2.20. The van der Waals surface area contributed by atoms with Crippen LogP contribution >= 0.6 is 23.1 Å². The van der Waals surface area contributed by atoms with Crippen LogP contribution in [0, 0.1) is 0 Å². The summed E-state index contributed by atoms with van der Waals surface area (Å²) in [6.45, 7) is 0.218. The molecule has 0 N–H and O–H groups in total. The minimum absolute atomic E-state index is 0.0808. The minimum atomic E-state index is 0.0808. The number of rotatable bonds is 6. The lowest BCUT2D eigenvalue weighted by molar-refractivity contribution is 0.102. The number of hydrogen-bond donors (Lipinski definition) is 0. The maximum Gasteiger partial charge on any atom is 0.231 e. The molecule has 5 rings (SSSR count). The molecule has 0 saturated heterocycles. The van der Waals surface area contributed by atoms with Crippen LogP contribution in [0.5, 0.6) is 11.5 Å². The van der Waals surface area contributed by atoms with Crippen molar-refractivity contribution in [3.63, 3.8) is 0 Å². The lowest BCUT2D eigenvalue weighted by atomic mass is 10.2. The van der Waals surface area contributed by atoms with Gasteiger partial charge in [0, 0.05) is 11.3 Å². The quantitative estimate of drug-likeness (QED) is 0.332. The van der Waals surface area contributed by atoms with E-state index in [1.807, 2.05) is 70.6 Å². The topological polar surface area (TPSA) is 66.2 Å². The molecule has 1 aliphatic rings. The number of nitrogens with zero attached hydrogens (tertiary/aromatic N) is 3. The maximum absolute atomic E-state index is 12.4. The largest absolute Gasteiger partial charge is 0.454 e. The first-order valence-electron chi connectivity index (χ1n) is 8.90. The highest BCUT2D eigenvalue weighted by Crippen LogP contribution is 2.37. The van der Waals surface area contributed by atoms with Crippen LogP contribution in [0.25, 0.3) is 17.1 Å². The average molecular weight is 422 g/mol. The summed E-state index contributed by atoms with van der Waals surface area (Å²) < 4.78 is 12.9. The molecule has 8 heteroatoms. The Morgan fingerprint density at radius 3 is 2.72 bits per heavy atom. The summed E-state index contributed by atoms with van der Waals surface area (Å²) >= 11 is 2.83. The van der Waals surface area contributed by atoms with Crippen LogP contribution in [0.4, 0.5) is 0 Å². The predicted molar refractivity (Wildman–Crippen MR) is 112 cm³/mol. The van der Waals surface area contributed by atoms with Crippen LogP contribution in [0.2, 0.25) is 0 Å². The van der Waals surface area contributed by atoms with E-state index in [0.29, 0.717) is 22.5 Å². The van der Waals surface area contributed by atoms with Crippen LogP contribution in [0.1, 0.15) is 9.67 Å². The van der Waals surface area contributed by atoms with Gasteiger partial charge in [0.15, 0.2) is 28.3 Å². The molecule has 144 valence electrons. The standard InChI is InChI=1S/C21H15N3O3S2/c25-16(19-7-4-10-28-19)12-29-21-23-22-20(24(21)15-5-2-1-3-6-15)14-8-9-17-18(11-14)27-13-26-17/h1-11H,12-13H2. The van der Waals surface area contributed by atoms with Gasteiger partial charge in [0.1, 0.15) is 0 Å². The van der Waals surface area contributed by atoms with Crippen molar-refractivity contribution in [3.8, 4) is 28.6 Å². The summed E-state index contributed by atoms with van der Waals surface area (Å²) in [4.78, 5) is 13.2. The van der Waals surface area contributed by atoms with Gasteiger partial charge in [-0.3, -0.25) is 9.36 Å². The van der Waals surface area contributed by atoms with Gasteiger partial charge in [-0.2, -0.15) is 0 Å². The highest BCUT2D eigenvalue weighted by molar-refractivity contribution is 7.99. The Kier molecular flexibility index (Phi) is 4.79. The SMILES string of the molecule is O=C(CSc1nnc(-c2ccc3c(c2)OCO3)n1-c1ccccc1)c1cccs1. The fraction of sp³-hybridized carbons (Fsp3) is 0.0952. The number of fused-ring (bicyclic) bond motifs is 1. The number of hydrogen-bond acceptors (Lipinski definition) is 7. The smallest absolute Gasteiger partial charge is 0.231 e. The second-order valence-corrected chi connectivity index (χ2v) is 8.12. The number of Topliss-reactive ketones (excluding diaryl/α,β-unsaturated/α-hetero) is 1. The van der Waals surface area contributed by atoms with Gasteiger partial charge in [-0.25, -0.2) is 0 Å². The van der Waals surface area contributed by atoms with E-state index >= 15 is 0 Å². The van der Waals surface area contributed by atoms with Gasteiger partial charge in [0.25, 0.3) is 0 Å². The number of aromatic nitrogens is 3. The van der Waals surface area contributed by atoms with Crippen molar-refractivity contribution in [3.05, 3.63) is 70.9 Å². The molecule has 0 unspecified atom stereocenters.